The molecule has 15 heavy (non-hydrogen) atoms. The lowest BCUT2D eigenvalue weighted by molar-refractivity contribution is 0.0215. The number of nitrogens with zero attached hydrogens (tertiary/aromatic N) is 1. The molecule has 0 amide bonds. The molecule has 1 aliphatic heterocycles. The molecule has 4 heteroatoms. The van der Waals surface area contributed by atoms with Gasteiger partial charge in [-0.25, -0.2) is 9.78 Å². The molecular weight excluding hydrogens is 192 g/mol. The van der Waals surface area contributed by atoms with E-state index >= 15 is 0 Å². The summed E-state index contributed by atoms with van der Waals surface area (Å²) in [7, 11) is 0. The van der Waals surface area contributed by atoms with Crippen LogP contribution in [0.4, 0.5) is 5.82 Å². The number of hydrogen-bond donors (Lipinski definition) is 1. The maximum absolute atomic E-state index is 11.6. The summed E-state index contributed by atoms with van der Waals surface area (Å²) in [5.74, 6) is 0.310. The van der Waals surface area contributed by atoms with Crippen molar-refractivity contribution in [3.63, 3.8) is 0 Å². The van der Waals surface area contributed by atoms with E-state index in [1.165, 1.54) is 0 Å². The van der Waals surface area contributed by atoms with Crippen LogP contribution in [0.5, 0.6) is 0 Å². The summed E-state index contributed by atoms with van der Waals surface area (Å²) in [6, 6.07) is 3.32. The minimum absolute atomic E-state index is 0.121. The molecule has 2 heterocycles. The number of fused-ring (bicyclic) bond motifs is 1. The first-order valence-corrected chi connectivity index (χ1v) is 5.11. The molecule has 4 nitrogen and oxygen atoms in total. The van der Waals surface area contributed by atoms with E-state index in [9.17, 15) is 4.79 Å². The van der Waals surface area contributed by atoms with E-state index in [2.05, 4.69) is 11.9 Å². The third-order valence-corrected chi connectivity index (χ3v) is 2.82. The van der Waals surface area contributed by atoms with Crippen molar-refractivity contribution >= 4 is 11.8 Å². The normalized spacial score (nSPS) is 24.5. The van der Waals surface area contributed by atoms with Gasteiger partial charge in [0.15, 0.2) is 0 Å². The van der Waals surface area contributed by atoms with Crippen LogP contribution in [0.1, 0.15) is 42.2 Å². The first kappa shape index (κ1) is 9.96. The van der Waals surface area contributed by atoms with Gasteiger partial charge in [-0.2, -0.15) is 0 Å². The first-order valence-electron chi connectivity index (χ1n) is 5.11. The standard InChI is InChI=1S/C11H14N2O2/c1-3-7-6(2)15-11(14)8-4-5-9(12)13-10(7)8/h4-7H,3H2,1-2H3,(H2,12,13)/t6-,7+/m0/s1. The fraction of sp³-hybridized carbons (Fsp3) is 0.455. The van der Waals surface area contributed by atoms with Crippen molar-refractivity contribution in [2.45, 2.75) is 32.3 Å². The Hall–Kier alpha value is -1.58. The highest BCUT2D eigenvalue weighted by Crippen LogP contribution is 2.32. The lowest BCUT2D eigenvalue weighted by Gasteiger charge is -2.29. The van der Waals surface area contributed by atoms with Crippen molar-refractivity contribution < 1.29 is 9.53 Å². The highest BCUT2D eigenvalue weighted by Gasteiger charge is 2.32. The topological polar surface area (TPSA) is 65.2 Å². The van der Waals surface area contributed by atoms with Crippen molar-refractivity contribution in [2.75, 3.05) is 5.73 Å². The minimum Gasteiger partial charge on any atom is -0.458 e. The second-order valence-electron chi connectivity index (χ2n) is 3.79. The van der Waals surface area contributed by atoms with Gasteiger partial charge >= 0.3 is 5.97 Å². The quantitative estimate of drug-likeness (QED) is 0.710. The number of carbonyl (C=O) groups is 1. The summed E-state index contributed by atoms with van der Waals surface area (Å²) >= 11 is 0. The monoisotopic (exact) mass is 206 g/mol. The molecule has 0 saturated heterocycles. The van der Waals surface area contributed by atoms with Gasteiger partial charge in [-0.05, 0) is 25.5 Å². The van der Waals surface area contributed by atoms with Gasteiger partial charge in [0.2, 0.25) is 0 Å². The van der Waals surface area contributed by atoms with Crippen LogP contribution < -0.4 is 5.73 Å². The lowest BCUT2D eigenvalue weighted by atomic mass is 9.90. The fourth-order valence-electron chi connectivity index (χ4n) is 2.01. The molecule has 1 aliphatic rings. The highest BCUT2D eigenvalue weighted by molar-refractivity contribution is 5.92. The van der Waals surface area contributed by atoms with Crippen LogP contribution in [0.2, 0.25) is 0 Å². The summed E-state index contributed by atoms with van der Waals surface area (Å²) in [5.41, 5.74) is 6.96. The summed E-state index contributed by atoms with van der Waals surface area (Å²) in [6.45, 7) is 3.94. The highest BCUT2D eigenvalue weighted by atomic mass is 16.5. The van der Waals surface area contributed by atoms with Crippen LogP contribution in [0.3, 0.4) is 0 Å². The Morgan fingerprint density at radius 3 is 2.93 bits per heavy atom. The zero-order chi connectivity index (χ0) is 11.0. The number of nitrogen functional groups attached to an aromatic ring is 1. The van der Waals surface area contributed by atoms with Gasteiger partial charge in [-0.15, -0.1) is 0 Å². The van der Waals surface area contributed by atoms with E-state index in [4.69, 9.17) is 10.5 Å². The zero-order valence-electron chi connectivity index (χ0n) is 8.86. The summed E-state index contributed by atoms with van der Waals surface area (Å²) in [5, 5.41) is 0. The number of cyclic esters (lactones) is 1. The molecule has 2 atom stereocenters. The third-order valence-electron chi connectivity index (χ3n) is 2.82. The van der Waals surface area contributed by atoms with E-state index in [1.54, 1.807) is 12.1 Å². The fourth-order valence-corrected chi connectivity index (χ4v) is 2.01. The van der Waals surface area contributed by atoms with E-state index in [-0.39, 0.29) is 18.0 Å². The number of anilines is 1. The second-order valence-corrected chi connectivity index (χ2v) is 3.79. The van der Waals surface area contributed by atoms with Crippen LogP contribution in [0.15, 0.2) is 12.1 Å². The molecule has 2 N–H and O–H groups in total. The molecule has 0 spiro atoms. The van der Waals surface area contributed by atoms with Crippen molar-refractivity contribution in [2.24, 2.45) is 0 Å². The van der Waals surface area contributed by atoms with E-state index in [0.29, 0.717) is 11.4 Å². The molecule has 1 aromatic heterocycles. The van der Waals surface area contributed by atoms with Crippen LogP contribution in [0.25, 0.3) is 0 Å². The Bertz CT molecular complexity index is 404. The molecule has 0 aliphatic carbocycles. The number of pyridine rings is 1. The zero-order valence-corrected chi connectivity index (χ0v) is 8.86. The molecule has 0 fully saturated rings. The maximum atomic E-state index is 11.6. The summed E-state index contributed by atoms with van der Waals surface area (Å²) in [6.07, 6.45) is 0.766. The van der Waals surface area contributed by atoms with Gasteiger partial charge in [-0.1, -0.05) is 6.92 Å². The lowest BCUT2D eigenvalue weighted by Crippen LogP contribution is -2.30. The maximum Gasteiger partial charge on any atom is 0.340 e. The number of ether oxygens (including phenoxy) is 1. The first-order chi connectivity index (χ1) is 7.13. The van der Waals surface area contributed by atoms with E-state index in [1.807, 2.05) is 6.92 Å². The van der Waals surface area contributed by atoms with E-state index < -0.39 is 0 Å². The van der Waals surface area contributed by atoms with Crippen LogP contribution in [-0.4, -0.2) is 17.1 Å². The summed E-state index contributed by atoms with van der Waals surface area (Å²) < 4.78 is 5.24. The molecule has 1 aromatic rings. The molecule has 0 aromatic carbocycles. The number of nitrogens with two attached hydrogens (primary N) is 1. The van der Waals surface area contributed by atoms with Gasteiger partial charge in [0.05, 0.1) is 11.3 Å². The predicted octanol–water partition coefficient (Wildman–Crippen LogP) is 1.72. The van der Waals surface area contributed by atoms with Crippen molar-refractivity contribution in [3.05, 3.63) is 23.4 Å². The third kappa shape index (κ3) is 1.56. The van der Waals surface area contributed by atoms with Gasteiger partial charge in [0, 0.05) is 5.92 Å². The molecular formula is C11H14N2O2. The smallest absolute Gasteiger partial charge is 0.340 e. The Morgan fingerprint density at radius 2 is 2.27 bits per heavy atom. The SMILES string of the molecule is CC[C@H]1c2nc(N)ccc2C(=O)O[C@H]1C. The van der Waals surface area contributed by atoms with Crippen molar-refractivity contribution in [1.29, 1.82) is 0 Å². The second kappa shape index (κ2) is 3.53. The number of aromatic nitrogens is 1. The molecule has 0 unspecified atom stereocenters. The van der Waals surface area contributed by atoms with Crippen LogP contribution >= 0.6 is 0 Å². The molecule has 0 radical (unpaired) electrons. The Kier molecular flexibility index (Phi) is 2.34. The Morgan fingerprint density at radius 1 is 1.53 bits per heavy atom. The van der Waals surface area contributed by atoms with Crippen molar-refractivity contribution in [1.82, 2.24) is 4.98 Å². The largest absolute Gasteiger partial charge is 0.458 e. The van der Waals surface area contributed by atoms with Gasteiger partial charge in [0.1, 0.15) is 11.9 Å². The molecule has 0 saturated carbocycles. The number of rotatable bonds is 1. The van der Waals surface area contributed by atoms with Crippen LogP contribution in [0, 0.1) is 0 Å². The predicted molar refractivity (Wildman–Crippen MR) is 56.6 cm³/mol. The average Bonchev–Trinajstić information content (AvgIpc) is 2.17. The minimum atomic E-state index is -0.297. The van der Waals surface area contributed by atoms with Gasteiger partial charge in [0.25, 0.3) is 0 Å². The summed E-state index contributed by atoms with van der Waals surface area (Å²) in [4.78, 5) is 15.8. The number of hydrogen-bond acceptors (Lipinski definition) is 4. The molecule has 2 rings (SSSR count). The molecule has 80 valence electrons. The average molecular weight is 206 g/mol. The van der Waals surface area contributed by atoms with E-state index in [0.717, 1.165) is 12.1 Å². The number of esters is 1. The van der Waals surface area contributed by atoms with Crippen molar-refractivity contribution in [3.8, 4) is 0 Å². The van der Waals surface area contributed by atoms with Gasteiger partial charge < -0.3 is 10.5 Å². The van der Waals surface area contributed by atoms with Crippen LogP contribution in [-0.2, 0) is 4.74 Å². The Balaban J connectivity index is 2.54. The molecule has 0 bridgehead atoms. The van der Waals surface area contributed by atoms with Gasteiger partial charge in [-0.3, -0.25) is 0 Å². The Labute approximate surface area is 88.4 Å². The number of carbonyl (C=O) groups excluding carboxylic acids is 1.